The first kappa shape index (κ1) is 16.5. The lowest BCUT2D eigenvalue weighted by atomic mass is 10.0. The summed E-state index contributed by atoms with van der Waals surface area (Å²) in [6.45, 7) is 7.68. The normalized spacial score (nSPS) is 17.1. The van der Waals surface area contributed by atoms with Gasteiger partial charge in [0.05, 0.1) is 18.8 Å². The monoisotopic (exact) mass is 304 g/mol. The minimum atomic E-state index is -0.302. The number of nitrogens with one attached hydrogen (secondary N) is 1. The van der Waals surface area contributed by atoms with Crippen molar-refractivity contribution >= 4 is 17.5 Å². The predicted octanol–water partition coefficient (Wildman–Crippen LogP) is 2.68. The average molecular weight is 304 g/mol. The van der Waals surface area contributed by atoms with Crippen molar-refractivity contribution in [2.45, 2.75) is 39.2 Å². The number of nitrogens with zero attached hydrogens (tertiary/aromatic N) is 1. The van der Waals surface area contributed by atoms with Crippen molar-refractivity contribution in [3.05, 3.63) is 29.8 Å². The number of carbonyl (C=O) groups is 2. The molecule has 1 aliphatic heterocycles. The number of rotatable bonds is 4. The van der Waals surface area contributed by atoms with Crippen molar-refractivity contribution in [3.8, 4) is 0 Å². The number of ether oxygens (including phenoxy) is 1. The van der Waals surface area contributed by atoms with Gasteiger partial charge in [-0.3, -0.25) is 9.59 Å². The summed E-state index contributed by atoms with van der Waals surface area (Å²) in [6.07, 6.45) is 1.32. The summed E-state index contributed by atoms with van der Waals surface area (Å²) >= 11 is 0. The second kappa shape index (κ2) is 6.92. The minimum absolute atomic E-state index is 0.000246. The fraction of sp³-hybridized carbons (Fsp3) is 0.529. The Balaban J connectivity index is 2.06. The van der Waals surface area contributed by atoms with Crippen LogP contribution in [0.25, 0.3) is 0 Å². The second-order valence-electron chi connectivity index (χ2n) is 6.20. The first-order valence-electron chi connectivity index (χ1n) is 7.73. The summed E-state index contributed by atoms with van der Waals surface area (Å²) < 4.78 is 5.45. The number of amides is 2. The van der Waals surface area contributed by atoms with E-state index in [2.05, 4.69) is 5.32 Å². The van der Waals surface area contributed by atoms with E-state index in [0.29, 0.717) is 31.7 Å². The van der Waals surface area contributed by atoms with Crippen LogP contribution in [0.4, 0.5) is 5.69 Å². The summed E-state index contributed by atoms with van der Waals surface area (Å²) in [6, 6.07) is 7.06. The fourth-order valence-electron chi connectivity index (χ4n) is 2.54. The quantitative estimate of drug-likeness (QED) is 0.930. The van der Waals surface area contributed by atoms with Crippen LogP contribution in [0.15, 0.2) is 24.3 Å². The van der Waals surface area contributed by atoms with Gasteiger partial charge in [0.25, 0.3) is 5.91 Å². The van der Waals surface area contributed by atoms with Crippen LogP contribution in [0.3, 0.4) is 0 Å². The van der Waals surface area contributed by atoms with Crippen LogP contribution in [0, 0.1) is 0 Å². The van der Waals surface area contributed by atoms with E-state index in [1.165, 1.54) is 0 Å². The van der Waals surface area contributed by atoms with Gasteiger partial charge in [-0.05, 0) is 44.5 Å². The van der Waals surface area contributed by atoms with Gasteiger partial charge in [0, 0.05) is 24.2 Å². The number of benzene rings is 1. The third-order valence-electron chi connectivity index (χ3n) is 3.78. The molecule has 2 rings (SSSR count). The third-order valence-corrected chi connectivity index (χ3v) is 3.78. The van der Waals surface area contributed by atoms with E-state index in [4.69, 9.17) is 4.74 Å². The first-order valence-corrected chi connectivity index (χ1v) is 7.73. The van der Waals surface area contributed by atoms with Gasteiger partial charge in [-0.2, -0.15) is 0 Å². The molecule has 1 heterocycles. The van der Waals surface area contributed by atoms with Crippen LogP contribution in [0.2, 0.25) is 0 Å². The lowest BCUT2D eigenvalue weighted by molar-refractivity contribution is -0.116. The van der Waals surface area contributed by atoms with E-state index >= 15 is 0 Å². The molecule has 0 saturated carbocycles. The van der Waals surface area contributed by atoms with Gasteiger partial charge in [-0.15, -0.1) is 0 Å². The molecule has 120 valence electrons. The zero-order valence-corrected chi connectivity index (χ0v) is 13.5. The zero-order valence-electron chi connectivity index (χ0n) is 13.5. The van der Waals surface area contributed by atoms with Crippen molar-refractivity contribution in [1.82, 2.24) is 4.90 Å². The Kier molecular flexibility index (Phi) is 5.19. The average Bonchev–Trinajstić information content (AvgIpc) is 2.47. The molecule has 5 nitrogen and oxygen atoms in total. The molecule has 0 bridgehead atoms. The molecule has 0 atom stereocenters. The highest BCUT2D eigenvalue weighted by Gasteiger charge is 2.34. The summed E-state index contributed by atoms with van der Waals surface area (Å²) in [5.74, 6) is -0.00405. The molecule has 1 aromatic rings. The number of hydrogen-bond acceptors (Lipinski definition) is 3. The van der Waals surface area contributed by atoms with E-state index in [1.807, 2.05) is 25.7 Å². The van der Waals surface area contributed by atoms with E-state index in [9.17, 15) is 9.59 Å². The Morgan fingerprint density at radius 3 is 2.55 bits per heavy atom. The Hall–Kier alpha value is -1.88. The van der Waals surface area contributed by atoms with Gasteiger partial charge in [-0.1, -0.05) is 6.92 Å². The molecule has 1 N–H and O–H groups in total. The molecular weight excluding hydrogens is 280 g/mol. The van der Waals surface area contributed by atoms with Crippen molar-refractivity contribution in [2.75, 3.05) is 25.1 Å². The highest BCUT2D eigenvalue weighted by atomic mass is 16.5. The minimum Gasteiger partial charge on any atom is -0.377 e. The van der Waals surface area contributed by atoms with Gasteiger partial charge < -0.3 is 15.0 Å². The lowest BCUT2D eigenvalue weighted by Crippen LogP contribution is -2.55. The van der Waals surface area contributed by atoms with Crippen LogP contribution in [0.1, 0.15) is 44.0 Å². The smallest absolute Gasteiger partial charge is 0.254 e. The molecule has 0 spiro atoms. The number of morpholine rings is 1. The Labute approximate surface area is 131 Å². The molecule has 2 amide bonds. The number of carbonyl (C=O) groups excluding carboxylic acids is 2. The van der Waals surface area contributed by atoms with Gasteiger partial charge in [0.2, 0.25) is 5.91 Å². The predicted molar refractivity (Wildman–Crippen MR) is 85.9 cm³/mol. The molecule has 0 aromatic heterocycles. The van der Waals surface area contributed by atoms with Gasteiger partial charge in [-0.25, -0.2) is 0 Å². The Morgan fingerprint density at radius 1 is 1.27 bits per heavy atom. The summed E-state index contributed by atoms with van der Waals surface area (Å²) in [7, 11) is 0. The molecule has 22 heavy (non-hydrogen) atoms. The fourth-order valence-corrected chi connectivity index (χ4v) is 2.54. The third kappa shape index (κ3) is 3.85. The molecule has 0 radical (unpaired) electrons. The summed E-state index contributed by atoms with van der Waals surface area (Å²) in [5.41, 5.74) is 1.04. The van der Waals surface area contributed by atoms with Crippen LogP contribution in [0.5, 0.6) is 0 Å². The topological polar surface area (TPSA) is 58.6 Å². The largest absolute Gasteiger partial charge is 0.377 e. The molecule has 1 saturated heterocycles. The molecule has 0 unspecified atom stereocenters. The van der Waals surface area contributed by atoms with Crippen LogP contribution in [-0.4, -0.2) is 42.0 Å². The SMILES string of the molecule is CCCC(=O)Nc1ccc(C(=O)N2CCOCC2(C)C)cc1. The zero-order chi connectivity index (χ0) is 16.2. The Bertz CT molecular complexity index is 537. The maximum atomic E-state index is 12.6. The molecule has 5 heteroatoms. The highest BCUT2D eigenvalue weighted by molar-refractivity contribution is 5.96. The maximum absolute atomic E-state index is 12.6. The van der Waals surface area contributed by atoms with E-state index in [0.717, 1.165) is 12.1 Å². The van der Waals surface area contributed by atoms with E-state index in [1.54, 1.807) is 24.3 Å². The van der Waals surface area contributed by atoms with Gasteiger partial charge in [0.1, 0.15) is 0 Å². The van der Waals surface area contributed by atoms with Crippen LogP contribution >= 0.6 is 0 Å². The molecule has 1 aliphatic rings. The molecule has 1 aromatic carbocycles. The second-order valence-corrected chi connectivity index (χ2v) is 6.20. The van der Waals surface area contributed by atoms with Crippen molar-refractivity contribution in [1.29, 1.82) is 0 Å². The van der Waals surface area contributed by atoms with Crippen molar-refractivity contribution in [3.63, 3.8) is 0 Å². The highest BCUT2D eigenvalue weighted by Crippen LogP contribution is 2.22. The summed E-state index contributed by atoms with van der Waals surface area (Å²) in [4.78, 5) is 26.0. The van der Waals surface area contributed by atoms with Crippen molar-refractivity contribution < 1.29 is 14.3 Å². The standard InChI is InChI=1S/C17H24N2O3/c1-4-5-15(20)18-14-8-6-13(7-9-14)16(21)19-10-11-22-12-17(19,2)3/h6-9H,4-5,10-12H2,1-3H3,(H,18,20). The molecule has 1 fully saturated rings. The van der Waals surface area contributed by atoms with Crippen LogP contribution in [-0.2, 0) is 9.53 Å². The number of anilines is 1. The lowest BCUT2D eigenvalue weighted by Gasteiger charge is -2.42. The number of hydrogen-bond donors (Lipinski definition) is 1. The molecular formula is C17H24N2O3. The maximum Gasteiger partial charge on any atom is 0.254 e. The van der Waals surface area contributed by atoms with E-state index < -0.39 is 0 Å². The van der Waals surface area contributed by atoms with Crippen LogP contribution < -0.4 is 5.32 Å². The Morgan fingerprint density at radius 2 is 1.95 bits per heavy atom. The summed E-state index contributed by atoms with van der Waals surface area (Å²) in [5, 5.41) is 2.82. The first-order chi connectivity index (χ1) is 10.4. The van der Waals surface area contributed by atoms with Gasteiger partial charge in [0.15, 0.2) is 0 Å². The van der Waals surface area contributed by atoms with Gasteiger partial charge >= 0.3 is 0 Å². The molecule has 0 aliphatic carbocycles. The van der Waals surface area contributed by atoms with E-state index in [-0.39, 0.29) is 17.4 Å². The van der Waals surface area contributed by atoms with Crippen molar-refractivity contribution in [2.24, 2.45) is 0 Å².